The third-order valence-corrected chi connectivity index (χ3v) is 5.03. The number of methoxy groups -OCH3 is 1. The number of hydrogen-bond donors (Lipinski definition) is 1. The topological polar surface area (TPSA) is 38.5 Å². The van der Waals surface area contributed by atoms with Crippen LogP contribution in [0, 0.1) is 5.92 Å². The zero-order valence-electron chi connectivity index (χ0n) is 11.5. The lowest BCUT2D eigenvalue weighted by atomic mass is 9.74. The van der Waals surface area contributed by atoms with Crippen molar-refractivity contribution < 1.29 is 4.74 Å². The Morgan fingerprint density at radius 3 is 2.82 bits per heavy atom. The number of rotatable bonds is 4. The van der Waals surface area contributed by atoms with Crippen molar-refractivity contribution in [3.8, 4) is 0 Å². The molecule has 2 N–H and O–H groups in total. The summed E-state index contributed by atoms with van der Waals surface area (Å²) >= 11 is 0. The van der Waals surface area contributed by atoms with Gasteiger partial charge in [-0.1, -0.05) is 26.2 Å². The minimum atomic E-state index is 0.284. The maximum Gasteiger partial charge on any atom is 0.0710 e. The van der Waals surface area contributed by atoms with E-state index in [1.807, 2.05) is 7.11 Å². The van der Waals surface area contributed by atoms with E-state index in [9.17, 15) is 0 Å². The maximum absolute atomic E-state index is 6.14. The molecule has 0 aromatic rings. The van der Waals surface area contributed by atoms with Crippen molar-refractivity contribution in [1.82, 2.24) is 4.90 Å². The predicted molar refractivity (Wildman–Crippen MR) is 71.0 cm³/mol. The molecule has 1 aliphatic carbocycles. The molecular weight excluding hydrogens is 212 g/mol. The molecule has 2 rings (SSSR count). The molecule has 0 aromatic carbocycles. The molecule has 2 aliphatic rings. The van der Waals surface area contributed by atoms with E-state index < -0.39 is 0 Å². The van der Waals surface area contributed by atoms with Crippen LogP contribution in [0.2, 0.25) is 0 Å². The average Bonchev–Trinajstić information content (AvgIpc) is 2.88. The van der Waals surface area contributed by atoms with Crippen LogP contribution in [0.15, 0.2) is 0 Å². The van der Waals surface area contributed by atoms with E-state index in [2.05, 4.69) is 11.8 Å². The number of nitrogens with zero attached hydrogens (tertiary/aromatic N) is 1. The lowest BCUT2D eigenvalue weighted by Gasteiger charge is -2.46. The summed E-state index contributed by atoms with van der Waals surface area (Å²) in [7, 11) is 1.83. The molecule has 100 valence electrons. The van der Waals surface area contributed by atoms with Gasteiger partial charge in [0, 0.05) is 32.3 Å². The number of hydrogen-bond acceptors (Lipinski definition) is 3. The summed E-state index contributed by atoms with van der Waals surface area (Å²) in [6, 6.07) is 0. The molecular formula is C14H28N2O. The van der Waals surface area contributed by atoms with Gasteiger partial charge >= 0.3 is 0 Å². The first kappa shape index (κ1) is 13.3. The molecule has 17 heavy (non-hydrogen) atoms. The van der Waals surface area contributed by atoms with Gasteiger partial charge in [0.05, 0.1) is 6.10 Å². The number of nitrogens with two attached hydrogens (primary N) is 1. The summed E-state index contributed by atoms with van der Waals surface area (Å²) < 4.78 is 5.49. The van der Waals surface area contributed by atoms with Crippen LogP contribution in [0.4, 0.5) is 0 Å². The van der Waals surface area contributed by atoms with Crippen LogP contribution in [0.25, 0.3) is 0 Å². The summed E-state index contributed by atoms with van der Waals surface area (Å²) in [6.07, 6.45) is 8.26. The van der Waals surface area contributed by atoms with Gasteiger partial charge in [0.1, 0.15) is 0 Å². The van der Waals surface area contributed by atoms with E-state index >= 15 is 0 Å². The van der Waals surface area contributed by atoms with E-state index in [-0.39, 0.29) is 5.54 Å². The van der Waals surface area contributed by atoms with Crippen LogP contribution in [0.3, 0.4) is 0 Å². The van der Waals surface area contributed by atoms with Gasteiger partial charge < -0.3 is 10.5 Å². The molecule has 0 spiro atoms. The lowest BCUT2D eigenvalue weighted by molar-refractivity contribution is 0.0344. The van der Waals surface area contributed by atoms with Crippen molar-refractivity contribution in [2.24, 2.45) is 11.7 Å². The minimum absolute atomic E-state index is 0.284. The van der Waals surface area contributed by atoms with E-state index in [4.69, 9.17) is 10.5 Å². The van der Waals surface area contributed by atoms with Gasteiger partial charge in [-0.15, -0.1) is 0 Å². The third kappa shape index (κ3) is 2.67. The fourth-order valence-corrected chi connectivity index (χ4v) is 3.76. The summed E-state index contributed by atoms with van der Waals surface area (Å²) in [5.41, 5.74) is 6.42. The van der Waals surface area contributed by atoms with Gasteiger partial charge in [0.25, 0.3) is 0 Å². The molecule has 3 heteroatoms. The molecule has 0 radical (unpaired) electrons. The first-order valence-corrected chi connectivity index (χ1v) is 7.22. The van der Waals surface area contributed by atoms with Crippen molar-refractivity contribution in [3.63, 3.8) is 0 Å². The Kier molecular flexibility index (Phi) is 4.45. The summed E-state index contributed by atoms with van der Waals surface area (Å²) in [6.45, 7) is 5.40. The monoisotopic (exact) mass is 240 g/mol. The highest BCUT2D eigenvalue weighted by Crippen LogP contribution is 2.39. The standard InChI is InChI=1S/C14H28N2O/c1-3-12-5-4-7-14(9-12,11-15)16-8-6-13(10-16)17-2/h12-13H,3-11,15H2,1-2H3. The summed E-state index contributed by atoms with van der Waals surface area (Å²) in [4.78, 5) is 2.63. The number of likely N-dealkylation sites (tertiary alicyclic amines) is 1. The van der Waals surface area contributed by atoms with Crippen molar-refractivity contribution >= 4 is 0 Å². The molecule has 1 heterocycles. The normalized spacial score (nSPS) is 39.7. The van der Waals surface area contributed by atoms with E-state index in [0.29, 0.717) is 6.10 Å². The zero-order chi connectivity index (χ0) is 12.3. The molecule has 0 amide bonds. The fourth-order valence-electron chi connectivity index (χ4n) is 3.76. The van der Waals surface area contributed by atoms with E-state index in [0.717, 1.165) is 19.0 Å². The number of ether oxygens (including phenoxy) is 1. The second-order valence-corrected chi connectivity index (χ2v) is 5.89. The highest BCUT2D eigenvalue weighted by Gasteiger charge is 2.42. The first-order valence-electron chi connectivity index (χ1n) is 7.22. The van der Waals surface area contributed by atoms with Crippen LogP contribution in [-0.2, 0) is 4.74 Å². The van der Waals surface area contributed by atoms with Gasteiger partial charge in [-0.25, -0.2) is 0 Å². The van der Waals surface area contributed by atoms with Gasteiger partial charge in [-0.2, -0.15) is 0 Å². The van der Waals surface area contributed by atoms with Crippen LogP contribution < -0.4 is 5.73 Å². The second-order valence-electron chi connectivity index (χ2n) is 5.89. The smallest absolute Gasteiger partial charge is 0.0710 e. The molecule has 3 unspecified atom stereocenters. The average molecular weight is 240 g/mol. The SMILES string of the molecule is CCC1CCCC(CN)(N2CCC(OC)C2)C1. The Hall–Kier alpha value is -0.120. The third-order valence-electron chi connectivity index (χ3n) is 5.03. The highest BCUT2D eigenvalue weighted by atomic mass is 16.5. The van der Waals surface area contributed by atoms with Gasteiger partial charge in [0.15, 0.2) is 0 Å². The lowest BCUT2D eigenvalue weighted by Crippen LogP contribution is -2.55. The van der Waals surface area contributed by atoms with Crippen molar-refractivity contribution in [2.45, 2.75) is 57.1 Å². The van der Waals surface area contributed by atoms with Crippen LogP contribution in [0.1, 0.15) is 45.4 Å². The minimum Gasteiger partial charge on any atom is -0.380 e. The van der Waals surface area contributed by atoms with E-state index in [1.165, 1.54) is 45.1 Å². The largest absolute Gasteiger partial charge is 0.380 e. The van der Waals surface area contributed by atoms with Crippen LogP contribution >= 0.6 is 0 Å². The predicted octanol–water partition coefficient (Wildman–Crippen LogP) is 2.00. The van der Waals surface area contributed by atoms with Crippen molar-refractivity contribution in [1.29, 1.82) is 0 Å². The Labute approximate surface area is 106 Å². The zero-order valence-corrected chi connectivity index (χ0v) is 11.5. The second kappa shape index (κ2) is 5.68. The van der Waals surface area contributed by atoms with Crippen molar-refractivity contribution in [2.75, 3.05) is 26.7 Å². The molecule has 3 nitrogen and oxygen atoms in total. The Morgan fingerprint density at radius 2 is 2.24 bits per heavy atom. The van der Waals surface area contributed by atoms with Crippen molar-refractivity contribution in [3.05, 3.63) is 0 Å². The van der Waals surface area contributed by atoms with Gasteiger partial charge in [0.2, 0.25) is 0 Å². The van der Waals surface area contributed by atoms with E-state index in [1.54, 1.807) is 0 Å². The molecule has 0 aromatic heterocycles. The maximum atomic E-state index is 6.14. The summed E-state index contributed by atoms with van der Waals surface area (Å²) in [5.74, 6) is 0.883. The van der Waals surface area contributed by atoms with Gasteiger partial charge in [-0.05, 0) is 25.2 Å². The Balaban J connectivity index is 2.03. The fraction of sp³-hybridized carbons (Fsp3) is 1.00. The molecule has 1 saturated heterocycles. The Bertz CT molecular complexity index is 246. The molecule has 1 aliphatic heterocycles. The quantitative estimate of drug-likeness (QED) is 0.817. The first-order chi connectivity index (χ1) is 8.24. The molecule has 0 bridgehead atoms. The van der Waals surface area contributed by atoms with Crippen LogP contribution in [-0.4, -0.2) is 43.3 Å². The molecule has 3 atom stereocenters. The van der Waals surface area contributed by atoms with Gasteiger partial charge in [-0.3, -0.25) is 4.90 Å². The highest BCUT2D eigenvalue weighted by molar-refractivity contribution is 4.99. The molecule has 2 fully saturated rings. The summed E-state index contributed by atoms with van der Waals surface area (Å²) in [5, 5.41) is 0. The Morgan fingerprint density at radius 1 is 1.41 bits per heavy atom. The van der Waals surface area contributed by atoms with Crippen LogP contribution in [0.5, 0.6) is 0 Å². The molecule has 1 saturated carbocycles.